The van der Waals surface area contributed by atoms with E-state index in [0.717, 1.165) is 12.3 Å². The maximum atomic E-state index is 12.5. The molecule has 2 amide bonds. The predicted molar refractivity (Wildman–Crippen MR) is 59.2 cm³/mol. The van der Waals surface area contributed by atoms with Crippen LogP contribution < -0.4 is 10.6 Å². The molecule has 0 aliphatic heterocycles. The van der Waals surface area contributed by atoms with Gasteiger partial charge < -0.3 is 15.7 Å². The van der Waals surface area contributed by atoms with E-state index in [4.69, 9.17) is 5.11 Å². The number of halogens is 4. The van der Waals surface area contributed by atoms with E-state index < -0.39 is 30.9 Å². The standard InChI is InChI=1S/C10H9F4N3O3/c11-8(12)10(13,14)4-16-9(20)17-5-1-2-6(7(18)19)15-3-5/h1-3,8H,4H2,(H,18,19)(H2,16,17,20). The second-order valence-electron chi connectivity index (χ2n) is 3.61. The first-order valence-corrected chi connectivity index (χ1v) is 5.12. The lowest BCUT2D eigenvalue weighted by atomic mass is 10.3. The normalized spacial score (nSPS) is 11.2. The molecular formula is C10H9F4N3O3. The van der Waals surface area contributed by atoms with Gasteiger partial charge in [0.15, 0.2) is 0 Å². The minimum atomic E-state index is -4.33. The van der Waals surface area contributed by atoms with E-state index in [1.807, 2.05) is 5.32 Å². The van der Waals surface area contributed by atoms with Crippen LogP contribution in [0.4, 0.5) is 28.0 Å². The molecule has 0 aliphatic rings. The van der Waals surface area contributed by atoms with E-state index in [-0.39, 0.29) is 11.4 Å². The number of amides is 2. The second-order valence-corrected chi connectivity index (χ2v) is 3.61. The van der Waals surface area contributed by atoms with Crippen molar-refractivity contribution in [3.05, 3.63) is 24.0 Å². The summed E-state index contributed by atoms with van der Waals surface area (Å²) in [6, 6.07) is 1.10. The van der Waals surface area contributed by atoms with Crippen LogP contribution in [-0.4, -0.2) is 41.0 Å². The summed E-state index contributed by atoms with van der Waals surface area (Å²) in [5.74, 6) is -5.61. The zero-order chi connectivity index (χ0) is 15.3. The van der Waals surface area contributed by atoms with Crippen LogP contribution in [0.1, 0.15) is 10.5 Å². The van der Waals surface area contributed by atoms with Gasteiger partial charge in [0.2, 0.25) is 0 Å². The quantitative estimate of drug-likeness (QED) is 0.722. The van der Waals surface area contributed by atoms with Crippen LogP contribution in [0, 0.1) is 0 Å². The van der Waals surface area contributed by atoms with Crippen LogP contribution in [0.2, 0.25) is 0 Å². The highest BCUT2D eigenvalue weighted by Gasteiger charge is 2.40. The van der Waals surface area contributed by atoms with Crippen molar-refractivity contribution in [3.63, 3.8) is 0 Å². The molecule has 3 N–H and O–H groups in total. The van der Waals surface area contributed by atoms with Gasteiger partial charge in [-0.2, -0.15) is 8.78 Å². The molecule has 110 valence electrons. The number of nitrogens with zero attached hydrogens (tertiary/aromatic N) is 1. The highest BCUT2D eigenvalue weighted by molar-refractivity contribution is 5.90. The fourth-order valence-corrected chi connectivity index (χ4v) is 1.04. The number of hydrogen-bond acceptors (Lipinski definition) is 3. The summed E-state index contributed by atoms with van der Waals surface area (Å²) < 4.78 is 48.7. The van der Waals surface area contributed by atoms with Crippen LogP contribution in [0.15, 0.2) is 18.3 Å². The minimum absolute atomic E-state index is 0.0212. The minimum Gasteiger partial charge on any atom is -0.477 e. The Labute approximate surface area is 109 Å². The van der Waals surface area contributed by atoms with Gasteiger partial charge in [0.1, 0.15) is 5.69 Å². The molecular weight excluding hydrogens is 286 g/mol. The van der Waals surface area contributed by atoms with E-state index in [1.54, 1.807) is 5.32 Å². The summed E-state index contributed by atoms with van der Waals surface area (Å²) in [5, 5.41) is 12.2. The molecule has 0 unspecified atom stereocenters. The van der Waals surface area contributed by atoms with Gasteiger partial charge in [-0.3, -0.25) is 0 Å². The monoisotopic (exact) mass is 295 g/mol. The lowest BCUT2D eigenvalue weighted by Gasteiger charge is -2.15. The van der Waals surface area contributed by atoms with Gasteiger partial charge in [0.25, 0.3) is 0 Å². The fraction of sp³-hybridized carbons (Fsp3) is 0.300. The maximum Gasteiger partial charge on any atom is 0.354 e. The van der Waals surface area contributed by atoms with Crippen LogP contribution >= 0.6 is 0 Å². The number of carbonyl (C=O) groups is 2. The zero-order valence-electron chi connectivity index (χ0n) is 9.74. The largest absolute Gasteiger partial charge is 0.477 e. The molecule has 6 nitrogen and oxygen atoms in total. The summed E-state index contributed by atoms with van der Waals surface area (Å²) >= 11 is 0. The zero-order valence-corrected chi connectivity index (χ0v) is 9.74. The average molecular weight is 295 g/mol. The Morgan fingerprint density at radius 1 is 1.35 bits per heavy atom. The smallest absolute Gasteiger partial charge is 0.354 e. The van der Waals surface area contributed by atoms with Gasteiger partial charge in [0, 0.05) is 0 Å². The van der Waals surface area contributed by atoms with E-state index in [0.29, 0.717) is 0 Å². The molecule has 0 aromatic carbocycles. The predicted octanol–water partition coefficient (Wildman–Crippen LogP) is 1.80. The van der Waals surface area contributed by atoms with E-state index in [2.05, 4.69) is 4.98 Å². The highest BCUT2D eigenvalue weighted by atomic mass is 19.3. The summed E-state index contributed by atoms with van der Waals surface area (Å²) in [6.07, 6.45) is -2.91. The van der Waals surface area contributed by atoms with Crippen molar-refractivity contribution in [2.45, 2.75) is 12.3 Å². The third kappa shape index (κ3) is 4.37. The number of aromatic nitrogens is 1. The number of aromatic carboxylic acids is 1. The number of alkyl halides is 4. The first-order chi connectivity index (χ1) is 9.22. The first-order valence-electron chi connectivity index (χ1n) is 5.12. The molecule has 0 bridgehead atoms. The van der Waals surface area contributed by atoms with Gasteiger partial charge in [0.05, 0.1) is 18.4 Å². The van der Waals surface area contributed by atoms with Gasteiger partial charge in [-0.05, 0) is 12.1 Å². The number of urea groups is 1. The van der Waals surface area contributed by atoms with Gasteiger partial charge in [-0.1, -0.05) is 0 Å². The Kier molecular flexibility index (Phi) is 4.83. The van der Waals surface area contributed by atoms with Crippen molar-refractivity contribution in [2.24, 2.45) is 0 Å². The molecule has 0 aliphatic carbocycles. The summed E-state index contributed by atoms with van der Waals surface area (Å²) in [4.78, 5) is 25.1. The molecule has 0 fully saturated rings. The molecule has 0 radical (unpaired) electrons. The van der Waals surface area contributed by atoms with Crippen molar-refractivity contribution < 1.29 is 32.3 Å². The molecule has 0 spiro atoms. The number of hydrogen-bond donors (Lipinski definition) is 3. The summed E-state index contributed by atoms with van der Waals surface area (Å²) in [6.45, 7) is -1.53. The number of rotatable bonds is 5. The Morgan fingerprint density at radius 3 is 2.45 bits per heavy atom. The highest BCUT2D eigenvalue weighted by Crippen LogP contribution is 2.21. The third-order valence-corrected chi connectivity index (χ3v) is 2.04. The van der Waals surface area contributed by atoms with E-state index >= 15 is 0 Å². The molecule has 0 saturated heterocycles. The Morgan fingerprint density at radius 2 is 2.00 bits per heavy atom. The number of carbonyl (C=O) groups excluding carboxylic acids is 1. The van der Waals surface area contributed by atoms with Crippen LogP contribution in [0.5, 0.6) is 0 Å². The molecule has 1 heterocycles. The van der Waals surface area contributed by atoms with Crippen LogP contribution in [0.25, 0.3) is 0 Å². The van der Waals surface area contributed by atoms with Crippen LogP contribution in [-0.2, 0) is 0 Å². The fourth-order valence-electron chi connectivity index (χ4n) is 1.04. The lowest BCUT2D eigenvalue weighted by Crippen LogP contribution is -2.42. The SMILES string of the molecule is O=C(NCC(F)(F)C(F)F)Nc1ccc(C(=O)O)nc1. The topological polar surface area (TPSA) is 91.3 Å². The summed E-state index contributed by atoms with van der Waals surface area (Å²) in [5.41, 5.74) is -0.256. The molecule has 1 aromatic heterocycles. The van der Waals surface area contributed by atoms with E-state index in [1.165, 1.54) is 6.07 Å². The van der Waals surface area contributed by atoms with Gasteiger partial charge >= 0.3 is 24.3 Å². The molecule has 0 saturated carbocycles. The third-order valence-electron chi connectivity index (χ3n) is 2.04. The Hall–Kier alpha value is -2.39. The van der Waals surface area contributed by atoms with Crippen LogP contribution in [0.3, 0.4) is 0 Å². The summed E-state index contributed by atoms with van der Waals surface area (Å²) in [7, 11) is 0. The van der Waals surface area contributed by atoms with Gasteiger partial charge in [-0.25, -0.2) is 23.4 Å². The maximum absolute atomic E-state index is 12.5. The first kappa shape index (κ1) is 15.7. The number of nitrogens with one attached hydrogen (secondary N) is 2. The van der Waals surface area contributed by atoms with E-state index in [9.17, 15) is 27.2 Å². The van der Waals surface area contributed by atoms with Crippen molar-refractivity contribution in [1.82, 2.24) is 10.3 Å². The second kappa shape index (κ2) is 6.17. The molecule has 0 atom stereocenters. The lowest BCUT2D eigenvalue weighted by molar-refractivity contribution is -0.123. The van der Waals surface area contributed by atoms with Crippen molar-refractivity contribution >= 4 is 17.7 Å². The average Bonchev–Trinajstić information content (AvgIpc) is 2.37. The van der Waals surface area contributed by atoms with Crippen molar-refractivity contribution in [3.8, 4) is 0 Å². The number of carboxylic acids is 1. The Balaban J connectivity index is 2.52. The van der Waals surface area contributed by atoms with Gasteiger partial charge in [-0.15, -0.1) is 0 Å². The number of anilines is 1. The molecule has 20 heavy (non-hydrogen) atoms. The molecule has 1 rings (SSSR count). The number of pyridine rings is 1. The number of carboxylic acid groups (broad SMARTS) is 1. The van der Waals surface area contributed by atoms with Crippen molar-refractivity contribution in [2.75, 3.05) is 11.9 Å². The Bertz CT molecular complexity index is 493. The van der Waals surface area contributed by atoms with Crippen molar-refractivity contribution in [1.29, 1.82) is 0 Å². The molecule has 1 aromatic rings. The molecule has 10 heteroatoms.